The molecular formula is C58H64Cl2Zr. The van der Waals surface area contributed by atoms with E-state index in [-0.39, 0.29) is 35.6 Å². The number of allylic oxidation sites excluding steroid dienone is 4. The fraction of sp³-hybridized carbons (Fsp3) is 0.397. The van der Waals surface area contributed by atoms with Crippen molar-refractivity contribution < 1.29 is 46.1 Å². The fourth-order valence-corrected chi connectivity index (χ4v) is 22.1. The summed E-state index contributed by atoms with van der Waals surface area (Å²) in [6.07, 6.45) is 13.0. The Hall–Kier alpha value is -3.09. The van der Waals surface area contributed by atoms with Crippen LogP contribution in [0.5, 0.6) is 0 Å². The van der Waals surface area contributed by atoms with Crippen LogP contribution in [0.3, 0.4) is 0 Å². The number of rotatable bonds is 6. The Bertz CT molecular complexity index is 2410. The molecule has 0 amide bonds. The van der Waals surface area contributed by atoms with E-state index in [9.17, 15) is 0 Å². The van der Waals surface area contributed by atoms with Crippen molar-refractivity contribution in [2.24, 2.45) is 35.0 Å². The SMILES string of the molecule is C/[C](c1ccccc1)=[Zr+2](/[C]1=CC(C2(C)C3CC4CC(C3)CC2C4)=CC1C)[CH]1c2cc(-c3ccccc3)c(C(C)(C)C)cc2-c2cc(C(C)(C)C)c(-c3ccccc3)cc21.[Cl-].[Cl-]. The molecule has 5 aromatic carbocycles. The van der Waals surface area contributed by atoms with Gasteiger partial charge in [-0.25, -0.2) is 0 Å². The second-order valence-electron chi connectivity index (χ2n) is 21.6. The van der Waals surface area contributed by atoms with E-state index in [0.717, 1.165) is 23.7 Å². The van der Waals surface area contributed by atoms with Crippen LogP contribution in [0.25, 0.3) is 33.4 Å². The van der Waals surface area contributed by atoms with Crippen molar-refractivity contribution >= 4 is 3.21 Å². The molecule has 0 aromatic heterocycles. The number of halogens is 2. The smallest absolute Gasteiger partial charge is 1.00 e. The molecule has 11 rings (SSSR count). The van der Waals surface area contributed by atoms with Gasteiger partial charge in [-0.15, -0.1) is 0 Å². The Kier molecular flexibility index (Phi) is 12.0. The molecule has 0 radical (unpaired) electrons. The van der Waals surface area contributed by atoms with Crippen LogP contribution in [0.4, 0.5) is 0 Å². The van der Waals surface area contributed by atoms with Gasteiger partial charge in [-0.1, -0.05) is 0 Å². The van der Waals surface area contributed by atoms with Gasteiger partial charge in [0.25, 0.3) is 0 Å². The molecule has 0 saturated heterocycles. The van der Waals surface area contributed by atoms with Crippen LogP contribution in [0.1, 0.15) is 126 Å². The summed E-state index contributed by atoms with van der Waals surface area (Å²) in [5.41, 5.74) is 17.9. The van der Waals surface area contributed by atoms with Gasteiger partial charge in [0, 0.05) is 0 Å². The number of benzene rings is 5. The van der Waals surface area contributed by atoms with E-state index < -0.39 is 21.3 Å². The summed E-state index contributed by atoms with van der Waals surface area (Å²) in [6, 6.07) is 44.8. The van der Waals surface area contributed by atoms with Crippen molar-refractivity contribution in [1.29, 1.82) is 0 Å². The maximum absolute atomic E-state index is 2.87. The molecule has 0 spiro atoms. The zero-order valence-electron chi connectivity index (χ0n) is 37.9. The first-order valence-corrected chi connectivity index (χ1v) is 26.8. The molecule has 0 nitrogen and oxygen atoms in total. The van der Waals surface area contributed by atoms with Crippen molar-refractivity contribution in [2.75, 3.05) is 0 Å². The quantitative estimate of drug-likeness (QED) is 0.159. The molecule has 0 aliphatic heterocycles. The Morgan fingerprint density at radius 2 is 1.00 bits per heavy atom. The zero-order chi connectivity index (χ0) is 41.0. The second kappa shape index (κ2) is 16.5. The van der Waals surface area contributed by atoms with Crippen LogP contribution < -0.4 is 24.8 Å². The van der Waals surface area contributed by atoms with Crippen LogP contribution >= 0.6 is 0 Å². The van der Waals surface area contributed by atoms with Gasteiger partial charge in [-0.05, 0) is 0 Å². The number of hydrogen-bond donors (Lipinski definition) is 0. The third kappa shape index (κ3) is 7.54. The van der Waals surface area contributed by atoms with Crippen molar-refractivity contribution in [2.45, 2.75) is 109 Å². The Balaban J connectivity index is 0.00000257. The molecule has 1 unspecified atom stereocenters. The minimum Gasteiger partial charge on any atom is -1.00 e. The zero-order valence-corrected chi connectivity index (χ0v) is 41.8. The molecule has 4 fully saturated rings. The standard InChI is InChI=1S/C33H33.C17H23.C8H8.2ClH.Zr/c1-32(2,3)30-20-26-24(18-28(30)22-13-9-7-10-14-22)17-25-19-29(23-15-11-8-12-16-23)31(21-27(25)26)33(4,5)6;1-11-3-4-14(5-11)17(2)15-7-12-6-13(9-15)10-16(17)8-12;1-2-8-6-4-3-5-7-8;;;/h7-21H,1-6H3;4-5,11-13,15-16H,6-10H2,1-2H3;3-7H,1H3;2*1H;/q;;;;;+2/p-2. The maximum Gasteiger partial charge on any atom is -1.00 e. The van der Waals surface area contributed by atoms with Gasteiger partial charge in [0.15, 0.2) is 0 Å². The van der Waals surface area contributed by atoms with Crippen molar-refractivity contribution in [3.63, 3.8) is 0 Å². The predicted octanol–water partition coefficient (Wildman–Crippen LogP) is 9.47. The molecule has 4 saturated carbocycles. The Morgan fingerprint density at radius 1 is 0.574 bits per heavy atom. The minimum atomic E-state index is -2.87. The van der Waals surface area contributed by atoms with Crippen LogP contribution in [-0.2, 0) is 32.1 Å². The summed E-state index contributed by atoms with van der Waals surface area (Å²) in [5.74, 6) is 4.12. The van der Waals surface area contributed by atoms with Crippen LogP contribution in [0, 0.1) is 35.0 Å². The largest absolute Gasteiger partial charge is 1.00 e. The molecule has 3 heteroatoms. The first kappa shape index (κ1) is 44.5. The summed E-state index contributed by atoms with van der Waals surface area (Å²) in [5, 5.41) is 0. The summed E-state index contributed by atoms with van der Waals surface area (Å²) in [6.45, 7) is 22.3. The van der Waals surface area contributed by atoms with E-state index >= 15 is 0 Å². The Labute approximate surface area is 387 Å². The summed E-state index contributed by atoms with van der Waals surface area (Å²) in [4.78, 5) is 0. The second-order valence-corrected chi connectivity index (χ2v) is 28.4. The first-order valence-electron chi connectivity index (χ1n) is 22.9. The third-order valence-corrected chi connectivity index (χ3v) is 24.6. The molecule has 314 valence electrons. The molecule has 61 heavy (non-hydrogen) atoms. The van der Waals surface area contributed by atoms with E-state index in [1.807, 2.05) is 3.28 Å². The van der Waals surface area contributed by atoms with Gasteiger partial charge >= 0.3 is 366 Å². The molecule has 6 aliphatic rings. The van der Waals surface area contributed by atoms with E-state index in [1.54, 1.807) is 19.9 Å². The van der Waals surface area contributed by atoms with Gasteiger partial charge < -0.3 is 24.8 Å². The predicted molar refractivity (Wildman–Crippen MR) is 249 cm³/mol. The fourth-order valence-electron chi connectivity index (χ4n) is 13.1. The van der Waals surface area contributed by atoms with Crippen LogP contribution in [0.2, 0.25) is 0 Å². The topological polar surface area (TPSA) is 0 Å². The third-order valence-electron chi connectivity index (χ3n) is 16.0. The van der Waals surface area contributed by atoms with E-state index in [4.69, 9.17) is 0 Å². The van der Waals surface area contributed by atoms with Crippen molar-refractivity contribution in [3.05, 3.63) is 164 Å². The normalized spacial score (nSPS) is 25.2. The molecule has 0 N–H and O–H groups in total. The molecule has 0 heterocycles. The maximum atomic E-state index is 2.87. The van der Waals surface area contributed by atoms with Gasteiger partial charge in [-0.3, -0.25) is 0 Å². The van der Waals surface area contributed by atoms with Gasteiger partial charge in [0.05, 0.1) is 0 Å². The summed E-state index contributed by atoms with van der Waals surface area (Å²) < 4.78 is 3.86. The molecule has 6 aliphatic carbocycles. The van der Waals surface area contributed by atoms with Gasteiger partial charge in [0.2, 0.25) is 0 Å². The summed E-state index contributed by atoms with van der Waals surface area (Å²) in [7, 11) is 0. The van der Waals surface area contributed by atoms with Gasteiger partial charge in [-0.2, -0.15) is 0 Å². The number of hydrogen-bond acceptors (Lipinski definition) is 0. The average molecular weight is 923 g/mol. The minimum absolute atomic E-state index is 0. The first-order chi connectivity index (χ1) is 28.2. The monoisotopic (exact) mass is 920 g/mol. The van der Waals surface area contributed by atoms with Crippen molar-refractivity contribution in [3.8, 4) is 33.4 Å². The van der Waals surface area contributed by atoms with Crippen LogP contribution in [-0.4, -0.2) is 3.21 Å². The Morgan fingerprint density at radius 3 is 1.43 bits per heavy atom. The summed E-state index contributed by atoms with van der Waals surface area (Å²) >= 11 is -2.87. The molecule has 5 aromatic rings. The average Bonchev–Trinajstić information content (AvgIpc) is 3.76. The number of fused-ring (bicyclic) bond motifs is 3. The molecule has 1 atom stereocenters. The van der Waals surface area contributed by atoms with Crippen LogP contribution in [0.15, 0.2) is 136 Å². The molecular weight excluding hydrogens is 859 g/mol. The van der Waals surface area contributed by atoms with Gasteiger partial charge in [0.1, 0.15) is 0 Å². The molecule has 4 bridgehead atoms. The van der Waals surface area contributed by atoms with Crippen molar-refractivity contribution in [1.82, 2.24) is 0 Å². The van der Waals surface area contributed by atoms with E-state index in [0.29, 0.717) is 15.0 Å². The van der Waals surface area contributed by atoms with E-state index in [1.165, 1.54) is 82.2 Å². The van der Waals surface area contributed by atoms with E-state index in [2.05, 4.69) is 190 Å².